The maximum Gasteiger partial charge on any atom is 0.243 e. The van der Waals surface area contributed by atoms with Gasteiger partial charge in [-0.1, -0.05) is 60.7 Å². The van der Waals surface area contributed by atoms with Gasteiger partial charge in [-0.25, -0.2) is 0 Å². The van der Waals surface area contributed by atoms with Crippen molar-refractivity contribution in [1.29, 1.82) is 0 Å². The van der Waals surface area contributed by atoms with Crippen molar-refractivity contribution in [2.45, 2.75) is 58.2 Å². The minimum Gasteiger partial charge on any atom is -0.497 e. The summed E-state index contributed by atoms with van der Waals surface area (Å²) in [4.78, 5) is 29.0. The molecule has 196 valence electrons. The van der Waals surface area contributed by atoms with E-state index in [9.17, 15) is 9.59 Å². The third kappa shape index (κ3) is 9.30. The molecule has 0 saturated carbocycles. The van der Waals surface area contributed by atoms with Gasteiger partial charge < -0.3 is 19.7 Å². The molecule has 37 heavy (non-hydrogen) atoms. The molecule has 0 unspecified atom stereocenters. The molecule has 3 aromatic carbocycles. The van der Waals surface area contributed by atoms with Crippen LogP contribution in [0.25, 0.3) is 0 Å². The second-order valence-electron chi connectivity index (χ2n) is 10.1. The van der Waals surface area contributed by atoms with Gasteiger partial charge in [0.2, 0.25) is 11.8 Å². The fraction of sp³-hybridized carbons (Fsp3) is 0.355. The number of rotatable bonds is 12. The second-order valence-corrected chi connectivity index (χ2v) is 10.1. The predicted octanol–water partition coefficient (Wildman–Crippen LogP) is 5.41. The van der Waals surface area contributed by atoms with Crippen molar-refractivity contribution in [1.82, 2.24) is 10.2 Å². The topological polar surface area (TPSA) is 67.9 Å². The van der Waals surface area contributed by atoms with Crippen LogP contribution in [0.4, 0.5) is 0 Å². The summed E-state index contributed by atoms with van der Waals surface area (Å²) < 4.78 is 11.2. The number of hydrogen-bond acceptors (Lipinski definition) is 4. The van der Waals surface area contributed by atoms with E-state index in [1.54, 1.807) is 12.0 Å². The molecule has 0 aliphatic rings. The fourth-order valence-electron chi connectivity index (χ4n) is 4.05. The molecule has 1 atom stereocenters. The number of methoxy groups -OCH3 is 1. The van der Waals surface area contributed by atoms with E-state index >= 15 is 0 Å². The molecular weight excluding hydrogens is 464 g/mol. The minimum absolute atomic E-state index is 0.0931. The molecule has 6 nitrogen and oxygen atoms in total. The number of carbonyl (C=O) groups is 2. The van der Waals surface area contributed by atoms with Crippen LogP contribution in [0, 0.1) is 0 Å². The Morgan fingerprint density at radius 1 is 0.865 bits per heavy atom. The molecule has 0 aliphatic carbocycles. The summed E-state index contributed by atoms with van der Waals surface area (Å²) in [5, 5.41) is 3.09. The number of para-hydroxylation sites is 1. The Bertz CT molecular complexity index is 1130. The molecule has 1 N–H and O–H groups in total. The van der Waals surface area contributed by atoms with Crippen LogP contribution in [0.1, 0.15) is 44.7 Å². The van der Waals surface area contributed by atoms with E-state index in [2.05, 4.69) is 5.32 Å². The number of nitrogens with one attached hydrogen (secondary N) is 1. The normalized spacial score (nSPS) is 11.9. The number of hydrogen-bond donors (Lipinski definition) is 1. The first kappa shape index (κ1) is 27.8. The van der Waals surface area contributed by atoms with Gasteiger partial charge in [0.1, 0.15) is 17.5 Å². The molecule has 6 heteroatoms. The molecule has 0 heterocycles. The molecule has 0 bridgehead atoms. The monoisotopic (exact) mass is 502 g/mol. The van der Waals surface area contributed by atoms with Crippen LogP contribution in [0.2, 0.25) is 0 Å². The summed E-state index contributed by atoms with van der Waals surface area (Å²) in [6, 6.07) is 26.3. The predicted molar refractivity (Wildman–Crippen MR) is 147 cm³/mol. The maximum absolute atomic E-state index is 13.7. The first-order valence-corrected chi connectivity index (χ1v) is 12.7. The molecule has 0 fully saturated rings. The average molecular weight is 503 g/mol. The molecule has 2 amide bonds. The Labute approximate surface area is 220 Å². The molecule has 3 aromatic rings. The highest BCUT2D eigenvalue weighted by Crippen LogP contribution is 2.20. The molecular formula is C31H38N2O4. The van der Waals surface area contributed by atoms with Gasteiger partial charge in [0.05, 0.1) is 13.7 Å². The van der Waals surface area contributed by atoms with Crippen molar-refractivity contribution in [3.8, 4) is 11.5 Å². The fourth-order valence-corrected chi connectivity index (χ4v) is 4.05. The number of benzene rings is 3. The Hall–Kier alpha value is -3.80. The average Bonchev–Trinajstić information content (AvgIpc) is 2.89. The van der Waals surface area contributed by atoms with Crippen molar-refractivity contribution in [2.75, 3.05) is 13.7 Å². The van der Waals surface area contributed by atoms with Crippen LogP contribution >= 0.6 is 0 Å². The Morgan fingerprint density at radius 3 is 2.14 bits per heavy atom. The van der Waals surface area contributed by atoms with E-state index in [-0.39, 0.29) is 18.2 Å². The summed E-state index contributed by atoms with van der Waals surface area (Å²) in [6.45, 7) is 6.55. The van der Waals surface area contributed by atoms with Crippen LogP contribution < -0.4 is 14.8 Å². The van der Waals surface area contributed by atoms with Gasteiger partial charge >= 0.3 is 0 Å². The number of nitrogens with zero attached hydrogens (tertiary/aromatic N) is 1. The molecule has 0 aromatic heterocycles. The number of ether oxygens (including phenoxy) is 2. The van der Waals surface area contributed by atoms with E-state index in [1.165, 1.54) is 0 Å². The smallest absolute Gasteiger partial charge is 0.243 e. The van der Waals surface area contributed by atoms with E-state index in [4.69, 9.17) is 9.47 Å². The third-order valence-corrected chi connectivity index (χ3v) is 5.80. The summed E-state index contributed by atoms with van der Waals surface area (Å²) >= 11 is 0. The highest BCUT2D eigenvalue weighted by Gasteiger charge is 2.32. The summed E-state index contributed by atoms with van der Waals surface area (Å²) in [7, 11) is 1.61. The third-order valence-electron chi connectivity index (χ3n) is 5.80. The van der Waals surface area contributed by atoms with Gasteiger partial charge in [-0.15, -0.1) is 0 Å². The van der Waals surface area contributed by atoms with Crippen molar-refractivity contribution in [3.05, 3.63) is 96.1 Å². The van der Waals surface area contributed by atoms with Crippen LogP contribution in [-0.4, -0.2) is 42.0 Å². The Balaban J connectivity index is 1.84. The molecule has 0 spiro atoms. The number of carbonyl (C=O) groups excluding carboxylic acids is 2. The lowest BCUT2D eigenvalue weighted by Gasteiger charge is -2.34. The summed E-state index contributed by atoms with van der Waals surface area (Å²) in [5.41, 5.74) is 1.46. The van der Waals surface area contributed by atoms with Crippen LogP contribution in [0.5, 0.6) is 11.5 Å². The quantitative estimate of drug-likeness (QED) is 0.336. The first-order chi connectivity index (χ1) is 17.7. The summed E-state index contributed by atoms with van der Waals surface area (Å²) in [5.74, 6) is 1.22. The van der Waals surface area contributed by atoms with Gasteiger partial charge in [-0.3, -0.25) is 9.59 Å². The molecule has 3 rings (SSSR count). The largest absolute Gasteiger partial charge is 0.497 e. The first-order valence-electron chi connectivity index (χ1n) is 12.7. The maximum atomic E-state index is 13.7. The van der Waals surface area contributed by atoms with Crippen molar-refractivity contribution < 1.29 is 19.1 Å². The van der Waals surface area contributed by atoms with E-state index < -0.39 is 11.6 Å². The van der Waals surface area contributed by atoms with E-state index in [1.807, 2.05) is 106 Å². The zero-order chi connectivity index (χ0) is 26.7. The molecule has 0 radical (unpaired) electrons. The minimum atomic E-state index is -0.671. The van der Waals surface area contributed by atoms with Gasteiger partial charge in [0.15, 0.2) is 0 Å². The lowest BCUT2D eigenvalue weighted by Crippen LogP contribution is -2.54. The van der Waals surface area contributed by atoms with Gasteiger partial charge in [-0.05, 0) is 62.6 Å². The lowest BCUT2D eigenvalue weighted by molar-refractivity contribution is -0.142. The van der Waals surface area contributed by atoms with Gasteiger partial charge in [-0.2, -0.15) is 0 Å². The van der Waals surface area contributed by atoms with Crippen LogP contribution in [-0.2, 0) is 22.6 Å². The van der Waals surface area contributed by atoms with Crippen LogP contribution in [0.15, 0.2) is 84.9 Å². The van der Waals surface area contributed by atoms with Crippen LogP contribution in [0.3, 0.4) is 0 Å². The SMILES string of the molecule is COc1cccc(CN(C(=O)CCCOc2ccccc2)[C@@H](Cc2ccccc2)C(=O)NC(C)(C)C)c1. The highest BCUT2D eigenvalue weighted by atomic mass is 16.5. The zero-order valence-electron chi connectivity index (χ0n) is 22.3. The van der Waals surface area contributed by atoms with Crippen molar-refractivity contribution in [3.63, 3.8) is 0 Å². The van der Waals surface area contributed by atoms with Gasteiger partial charge in [0, 0.05) is 24.9 Å². The molecule has 0 aliphatic heterocycles. The number of amides is 2. The lowest BCUT2D eigenvalue weighted by atomic mass is 10.00. The Kier molecular flexibility index (Phi) is 10.1. The zero-order valence-corrected chi connectivity index (χ0v) is 22.3. The van der Waals surface area contributed by atoms with E-state index in [0.29, 0.717) is 31.7 Å². The Morgan fingerprint density at radius 2 is 1.49 bits per heavy atom. The van der Waals surface area contributed by atoms with E-state index in [0.717, 1.165) is 16.9 Å². The highest BCUT2D eigenvalue weighted by molar-refractivity contribution is 5.88. The molecule has 0 saturated heterocycles. The van der Waals surface area contributed by atoms with Gasteiger partial charge in [0.25, 0.3) is 0 Å². The standard InChI is InChI=1S/C31H38N2O4/c1-31(2,3)32-30(35)28(22-24-13-7-5-8-14-24)33(23-25-15-11-18-27(21-25)36-4)29(34)19-12-20-37-26-16-9-6-10-17-26/h5-11,13-18,21,28H,12,19-20,22-23H2,1-4H3,(H,32,35)/t28-/m0/s1. The van der Waals surface area contributed by atoms with Crippen molar-refractivity contribution >= 4 is 11.8 Å². The van der Waals surface area contributed by atoms with Crippen molar-refractivity contribution in [2.24, 2.45) is 0 Å². The summed E-state index contributed by atoms with van der Waals surface area (Å²) in [6.07, 6.45) is 1.23. The second kappa shape index (κ2) is 13.5.